The molecular weight excluding hydrogens is 564 g/mol. The zero-order chi connectivity index (χ0) is 32.4. The van der Waals surface area contributed by atoms with E-state index in [2.05, 4.69) is 39.5 Å². The van der Waals surface area contributed by atoms with Crippen LogP contribution >= 0.6 is 0 Å². The smallest absolute Gasteiger partial charge is 0.438 e. The highest BCUT2D eigenvalue weighted by atomic mass is 16.7. The number of rotatable bonds is 11. The monoisotopic (exact) mass is 616 g/mol. The van der Waals surface area contributed by atoms with Gasteiger partial charge in [-0.1, -0.05) is 50.1 Å². The summed E-state index contributed by atoms with van der Waals surface area (Å²) in [4.78, 5) is 37.7. The van der Waals surface area contributed by atoms with Gasteiger partial charge in [0.05, 0.1) is 14.2 Å². The lowest BCUT2D eigenvalue weighted by molar-refractivity contribution is -0.156. The summed E-state index contributed by atoms with van der Waals surface area (Å²) in [6.45, 7) is 14.7. The van der Waals surface area contributed by atoms with Crippen molar-refractivity contribution in [3.8, 4) is 0 Å². The first-order valence-electron chi connectivity index (χ1n) is 16.0. The summed E-state index contributed by atoms with van der Waals surface area (Å²) in [5.41, 5.74) is 1.25. The highest BCUT2D eigenvalue weighted by Gasteiger charge is 2.60. The van der Waals surface area contributed by atoms with E-state index in [0.717, 1.165) is 31.3 Å². The number of hydrogen-bond acceptors (Lipinski definition) is 9. The van der Waals surface area contributed by atoms with Gasteiger partial charge in [0.2, 0.25) is 0 Å². The summed E-state index contributed by atoms with van der Waals surface area (Å²) in [5.74, 6) is 1.37. The van der Waals surface area contributed by atoms with Gasteiger partial charge in [0.25, 0.3) is 0 Å². The van der Waals surface area contributed by atoms with Crippen LogP contribution in [0.1, 0.15) is 79.6 Å². The van der Waals surface area contributed by atoms with Gasteiger partial charge in [-0.15, -0.1) is 6.58 Å². The summed E-state index contributed by atoms with van der Waals surface area (Å²) in [5, 5.41) is 0. The Balaban J connectivity index is 1.58. The predicted octanol–water partition coefficient (Wildman–Crippen LogP) is 7.20. The molecule has 0 bridgehead atoms. The van der Waals surface area contributed by atoms with Crippen molar-refractivity contribution in [1.82, 2.24) is 0 Å². The lowest BCUT2D eigenvalue weighted by Crippen LogP contribution is -2.54. The first-order chi connectivity index (χ1) is 20.8. The number of carbonyl (C=O) groups excluding carboxylic acids is 3. The van der Waals surface area contributed by atoms with Crippen LogP contribution in [0.25, 0.3) is 0 Å². The second-order valence-corrected chi connectivity index (χ2v) is 14.1. The molecule has 9 heteroatoms. The SMILES string of the molecule is C=C[C@@H](CC(=O)C(C)(C)OCOC)[C@H](C)[C@H]1CC[C@H]2C3=CC=C4C[C@@H](OC(=O)OC)C[C@H](OC(=O)OC)[C@]4(C)[C@H]3CC[C@]12C. The topological polar surface area (TPSA) is 107 Å². The molecule has 9 nitrogen and oxygen atoms in total. The van der Waals surface area contributed by atoms with Gasteiger partial charge in [-0.05, 0) is 74.5 Å². The van der Waals surface area contributed by atoms with Gasteiger partial charge in [-0.3, -0.25) is 4.79 Å². The molecule has 44 heavy (non-hydrogen) atoms. The van der Waals surface area contributed by atoms with Gasteiger partial charge >= 0.3 is 12.3 Å². The Labute approximate surface area is 262 Å². The van der Waals surface area contributed by atoms with E-state index in [-0.39, 0.29) is 35.7 Å². The molecule has 0 unspecified atom stereocenters. The molecule has 0 heterocycles. The fourth-order valence-electron chi connectivity index (χ4n) is 9.05. The van der Waals surface area contributed by atoms with Crippen LogP contribution in [0.4, 0.5) is 9.59 Å². The van der Waals surface area contributed by atoms with E-state index in [1.807, 2.05) is 6.08 Å². The number of ketones is 1. The van der Waals surface area contributed by atoms with E-state index in [9.17, 15) is 14.4 Å². The molecule has 0 aliphatic heterocycles. The average molecular weight is 617 g/mol. The fourth-order valence-corrected chi connectivity index (χ4v) is 9.05. The summed E-state index contributed by atoms with van der Waals surface area (Å²) in [6, 6.07) is 0. The molecule has 0 amide bonds. The zero-order valence-electron chi connectivity index (χ0n) is 27.8. The van der Waals surface area contributed by atoms with Crippen LogP contribution in [0.5, 0.6) is 0 Å². The van der Waals surface area contributed by atoms with Crippen molar-refractivity contribution in [3.05, 3.63) is 36.0 Å². The second kappa shape index (κ2) is 13.4. The van der Waals surface area contributed by atoms with Gasteiger partial charge in [0, 0.05) is 31.8 Å². The Bertz CT molecular complexity index is 1170. The third-order valence-corrected chi connectivity index (χ3v) is 11.7. The molecule has 3 fully saturated rings. The number of carbonyl (C=O) groups is 3. The van der Waals surface area contributed by atoms with Crippen molar-refractivity contribution in [3.63, 3.8) is 0 Å². The first kappa shape index (κ1) is 34.2. The van der Waals surface area contributed by atoms with Gasteiger partial charge in [-0.2, -0.15) is 0 Å². The number of fused-ring (bicyclic) bond motifs is 5. The molecule has 0 spiro atoms. The molecule has 0 saturated heterocycles. The van der Waals surface area contributed by atoms with Gasteiger partial charge in [0.15, 0.2) is 5.78 Å². The maximum atomic E-state index is 13.3. The van der Waals surface area contributed by atoms with Crippen LogP contribution in [-0.2, 0) is 33.2 Å². The maximum Gasteiger partial charge on any atom is 0.508 e. The molecule has 246 valence electrons. The average Bonchev–Trinajstić information content (AvgIpc) is 3.35. The molecule has 4 aliphatic rings. The number of allylic oxidation sites excluding steroid dienone is 4. The molecule has 3 saturated carbocycles. The van der Waals surface area contributed by atoms with E-state index >= 15 is 0 Å². The van der Waals surface area contributed by atoms with E-state index < -0.39 is 35.5 Å². The molecule has 4 rings (SSSR count). The standard InChI is InChI=1S/C35H52O9/c1-10-22(17-29(36)33(3,4)42-20-39-7)21(2)26-13-14-27-25-12-11-23-18-24(43-31(37)40-8)19-30(44-32(38)41-9)35(23,6)28(25)15-16-34(26,27)5/h10-12,21-22,24,26-28,30H,1,13-20H2,2-9H3/t21-,22-,24+,26+,27-,28-,30-,34+,35-/m0/s1. The highest BCUT2D eigenvalue weighted by molar-refractivity contribution is 5.86. The lowest BCUT2D eigenvalue weighted by atomic mass is 9.49. The van der Waals surface area contributed by atoms with Crippen molar-refractivity contribution in [1.29, 1.82) is 0 Å². The van der Waals surface area contributed by atoms with Gasteiger partial charge in [-0.25, -0.2) is 9.59 Å². The summed E-state index contributed by atoms with van der Waals surface area (Å²) in [7, 11) is 4.15. The van der Waals surface area contributed by atoms with Crippen molar-refractivity contribution in [2.45, 2.75) is 97.4 Å². The number of methoxy groups -OCH3 is 3. The predicted molar refractivity (Wildman–Crippen MR) is 165 cm³/mol. The molecule has 4 aliphatic carbocycles. The van der Waals surface area contributed by atoms with E-state index in [0.29, 0.717) is 31.1 Å². The molecule has 0 N–H and O–H groups in total. The van der Waals surface area contributed by atoms with Crippen molar-refractivity contribution in [2.24, 2.45) is 40.4 Å². The normalized spacial score (nSPS) is 34.1. The Morgan fingerprint density at radius 3 is 2.34 bits per heavy atom. The zero-order valence-corrected chi connectivity index (χ0v) is 27.8. The minimum Gasteiger partial charge on any atom is -0.438 e. The van der Waals surface area contributed by atoms with E-state index in [1.54, 1.807) is 21.0 Å². The maximum absolute atomic E-state index is 13.3. The summed E-state index contributed by atoms with van der Waals surface area (Å²) >= 11 is 0. The van der Waals surface area contributed by atoms with Crippen molar-refractivity contribution in [2.75, 3.05) is 28.1 Å². The minimum absolute atomic E-state index is 0.0403. The van der Waals surface area contributed by atoms with E-state index in [1.165, 1.54) is 19.8 Å². The van der Waals surface area contributed by atoms with Crippen molar-refractivity contribution < 1.29 is 42.8 Å². The van der Waals surface area contributed by atoms with Gasteiger partial charge in [0.1, 0.15) is 24.6 Å². The molecular formula is C35H52O9. The first-order valence-corrected chi connectivity index (χ1v) is 16.0. The summed E-state index contributed by atoms with van der Waals surface area (Å²) < 4.78 is 31.8. The Morgan fingerprint density at radius 2 is 1.70 bits per heavy atom. The third kappa shape index (κ3) is 6.23. The van der Waals surface area contributed by atoms with Crippen LogP contribution < -0.4 is 0 Å². The number of Topliss-reactive ketones (excluding diaryl/α,β-unsaturated/α-hetero) is 1. The van der Waals surface area contributed by atoms with Crippen LogP contribution in [0, 0.1) is 40.4 Å². The summed E-state index contributed by atoms with van der Waals surface area (Å²) in [6.07, 6.45) is 9.43. The molecule has 0 aromatic heterocycles. The molecule has 0 aromatic rings. The van der Waals surface area contributed by atoms with Gasteiger partial charge < -0.3 is 28.4 Å². The third-order valence-electron chi connectivity index (χ3n) is 11.7. The molecule has 0 radical (unpaired) electrons. The number of ether oxygens (including phenoxy) is 6. The lowest BCUT2D eigenvalue weighted by Gasteiger charge is -2.57. The van der Waals surface area contributed by atoms with Crippen LogP contribution in [0.15, 0.2) is 36.0 Å². The largest absolute Gasteiger partial charge is 0.508 e. The van der Waals surface area contributed by atoms with E-state index in [4.69, 9.17) is 28.4 Å². The molecule has 0 aromatic carbocycles. The Hall–Kier alpha value is -2.65. The van der Waals surface area contributed by atoms with Crippen LogP contribution in [0.3, 0.4) is 0 Å². The van der Waals surface area contributed by atoms with Crippen LogP contribution in [-0.4, -0.2) is 64.0 Å². The Morgan fingerprint density at radius 1 is 1.02 bits per heavy atom. The van der Waals surface area contributed by atoms with Crippen molar-refractivity contribution >= 4 is 18.1 Å². The second-order valence-electron chi connectivity index (χ2n) is 14.1. The quantitative estimate of drug-likeness (QED) is 0.135. The minimum atomic E-state index is -0.923. The highest BCUT2D eigenvalue weighted by Crippen LogP contribution is 2.66. The fraction of sp³-hybridized carbons (Fsp3) is 0.743. The number of hydrogen-bond donors (Lipinski definition) is 0. The molecule has 9 atom stereocenters. The van der Waals surface area contributed by atoms with Crippen LogP contribution in [0.2, 0.25) is 0 Å². The Kier molecular flexibility index (Phi) is 10.4.